The third-order valence-electron chi connectivity index (χ3n) is 11.7. The summed E-state index contributed by atoms with van der Waals surface area (Å²) < 4.78 is 5.45. The van der Waals surface area contributed by atoms with E-state index >= 15 is 0 Å². The number of carbonyl (C=O) groups is 2. The third-order valence-corrected chi connectivity index (χ3v) is 11.7. The first kappa shape index (κ1) is 56.3. The number of ether oxygens (including phenoxy) is 1. The van der Waals surface area contributed by atoms with Gasteiger partial charge in [0, 0.05) is 12.8 Å². The minimum Gasteiger partial charge on any atom is -0.466 e. The summed E-state index contributed by atoms with van der Waals surface area (Å²) in [5, 5.41) is 23.0. The Labute approximate surface area is 361 Å². The standard InChI is InChI=1S/C52H99NO5/c1-3-5-7-9-11-13-15-17-21-24-28-32-36-40-44-50(55)49(48-54)53-51(56)45-41-37-33-29-25-22-18-19-23-27-31-35-39-43-47-58-52(57)46-42-38-34-30-26-20-16-14-12-10-8-6-4-2/h14,16,40,44,49-50,54-55H,3-13,15,17-39,41-43,45-48H2,1-2H3,(H,53,56)/b16-14-,44-40+. The zero-order valence-electron chi connectivity index (χ0n) is 38.8. The molecular weight excluding hydrogens is 719 g/mol. The molecule has 342 valence electrons. The molecule has 0 heterocycles. The van der Waals surface area contributed by atoms with Gasteiger partial charge in [0.25, 0.3) is 0 Å². The van der Waals surface area contributed by atoms with Crippen LogP contribution in [-0.4, -0.2) is 47.4 Å². The summed E-state index contributed by atoms with van der Waals surface area (Å²) in [5.74, 6) is -0.0918. The SMILES string of the molecule is CCCCCC/C=C\CCCCCCCC(=O)OCCCCCCCCCCCCCCCCC(=O)NC(CO)C(O)/C=C/CCCCCCCCCCCCCC. The van der Waals surface area contributed by atoms with Gasteiger partial charge in [0.1, 0.15) is 0 Å². The van der Waals surface area contributed by atoms with Crippen LogP contribution in [0.15, 0.2) is 24.3 Å². The van der Waals surface area contributed by atoms with Gasteiger partial charge >= 0.3 is 5.97 Å². The lowest BCUT2D eigenvalue weighted by atomic mass is 10.0. The van der Waals surface area contributed by atoms with E-state index in [2.05, 4.69) is 31.3 Å². The van der Waals surface area contributed by atoms with E-state index in [0.717, 1.165) is 57.8 Å². The number of rotatable bonds is 47. The largest absolute Gasteiger partial charge is 0.466 e. The highest BCUT2D eigenvalue weighted by Gasteiger charge is 2.18. The molecule has 3 N–H and O–H groups in total. The quantitative estimate of drug-likeness (QED) is 0.0323. The predicted octanol–water partition coefficient (Wildman–Crippen LogP) is 15.1. The molecule has 0 aliphatic heterocycles. The van der Waals surface area contributed by atoms with Gasteiger partial charge in [0.05, 0.1) is 25.4 Å². The lowest BCUT2D eigenvalue weighted by molar-refractivity contribution is -0.143. The Hall–Kier alpha value is -1.66. The second kappa shape index (κ2) is 48.0. The Morgan fingerprint density at radius 2 is 0.810 bits per heavy atom. The van der Waals surface area contributed by atoms with Gasteiger partial charge < -0.3 is 20.3 Å². The molecule has 0 radical (unpaired) electrons. The maximum absolute atomic E-state index is 12.4. The number of esters is 1. The number of aliphatic hydroxyl groups is 2. The molecule has 2 atom stereocenters. The summed E-state index contributed by atoms with van der Waals surface area (Å²) >= 11 is 0. The molecule has 0 aromatic rings. The second-order valence-corrected chi connectivity index (χ2v) is 17.5. The molecule has 0 bridgehead atoms. The second-order valence-electron chi connectivity index (χ2n) is 17.5. The van der Waals surface area contributed by atoms with Crippen molar-refractivity contribution in [1.29, 1.82) is 0 Å². The first-order chi connectivity index (χ1) is 28.5. The Morgan fingerprint density at radius 1 is 0.466 bits per heavy atom. The van der Waals surface area contributed by atoms with Gasteiger partial charge in [-0.05, 0) is 57.8 Å². The van der Waals surface area contributed by atoms with Crippen LogP contribution in [0.2, 0.25) is 0 Å². The van der Waals surface area contributed by atoms with Crippen molar-refractivity contribution in [2.75, 3.05) is 13.2 Å². The minimum atomic E-state index is -0.850. The number of allylic oxidation sites excluding steroid dienone is 3. The number of carbonyl (C=O) groups excluding carboxylic acids is 2. The van der Waals surface area contributed by atoms with Gasteiger partial charge in [-0.2, -0.15) is 0 Å². The topological polar surface area (TPSA) is 95.9 Å². The number of unbranched alkanes of at least 4 members (excludes halogenated alkanes) is 34. The Balaban J connectivity index is 3.48. The van der Waals surface area contributed by atoms with Crippen LogP contribution in [0.3, 0.4) is 0 Å². The number of amides is 1. The van der Waals surface area contributed by atoms with Crippen molar-refractivity contribution in [3.05, 3.63) is 24.3 Å². The van der Waals surface area contributed by atoms with Gasteiger partial charge in [-0.1, -0.05) is 224 Å². The molecule has 58 heavy (non-hydrogen) atoms. The molecule has 6 nitrogen and oxygen atoms in total. The molecule has 0 aromatic carbocycles. The van der Waals surface area contributed by atoms with E-state index in [1.165, 1.54) is 186 Å². The highest BCUT2D eigenvalue weighted by atomic mass is 16.5. The average molecular weight is 818 g/mol. The molecule has 0 rings (SSSR count). The lowest BCUT2D eigenvalue weighted by Gasteiger charge is -2.20. The van der Waals surface area contributed by atoms with E-state index < -0.39 is 12.1 Å². The highest BCUT2D eigenvalue weighted by Crippen LogP contribution is 2.16. The van der Waals surface area contributed by atoms with Crippen molar-refractivity contribution in [2.45, 2.75) is 283 Å². The van der Waals surface area contributed by atoms with Crippen LogP contribution < -0.4 is 5.32 Å². The van der Waals surface area contributed by atoms with Crippen LogP contribution in [0.5, 0.6) is 0 Å². The number of aliphatic hydroxyl groups excluding tert-OH is 2. The molecule has 0 aliphatic rings. The smallest absolute Gasteiger partial charge is 0.305 e. The van der Waals surface area contributed by atoms with Crippen LogP contribution in [-0.2, 0) is 14.3 Å². The van der Waals surface area contributed by atoms with Crippen molar-refractivity contribution in [3.8, 4) is 0 Å². The van der Waals surface area contributed by atoms with Crippen LogP contribution in [0.25, 0.3) is 0 Å². The molecule has 0 fully saturated rings. The fraction of sp³-hybridized carbons (Fsp3) is 0.885. The van der Waals surface area contributed by atoms with E-state index in [1.807, 2.05) is 6.08 Å². The summed E-state index contributed by atoms with van der Waals surface area (Å²) in [6.07, 6.45) is 56.0. The van der Waals surface area contributed by atoms with Crippen molar-refractivity contribution in [2.24, 2.45) is 0 Å². The van der Waals surface area contributed by atoms with Gasteiger partial charge in [0.2, 0.25) is 5.91 Å². The normalized spacial score (nSPS) is 12.8. The monoisotopic (exact) mass is 818 g/mol. The van der Waals surface area contributed by atoms with Crippen LogP contribution in [0.1, 0.15) is 271 Å². The van der Waals surface area contributed by atoms with Crippen molar-refractivity contribution in [3.63, 3.8) is 0 Å². The molecule has 0 saturated carbocycles. The van der Waals surface area contributed by atoms with E-state index in [1.54, 1.807) is 6.08 Å². The third kappa shape index (κ3) is 43.9. The predicted molar refractivity (Wildman–Crippen MR) is 250 cm³/mol. The van der Waals surface area contributed by atoms with Crippen molar-refractivity contribution in [1.82, 2.24) is 5.32 Å². The average Bonchev–Trinajstić information content (AvgIpc) is 3.22. The van der Waals surface area contributed by atoms with Crippen molar-refractivity contribution >= 4 is 11.9 Å². The lowest BCUT2D eigenvalue weighted by Crippen LogP contribution is -2.45. The fourth-order valence-electron chi connectivity index (χ4n) is 7.74. The molecule has 0 saturated heterocycles. The Morgan fingerprint density at radius 3 is 1.24 bits per heavy atom. The van der Waals surface area contributed by atoms with Gasteiger partial charge in [-0.25, -0.2) is 0 Å². The molecule has 0 aliphatic carbocycles. The van der Waals surface area contributed by atoms with Gasteiger partial charge in [-0.15, -0.1) is 0 Å². The highest BCUT2D eigenvalue weighted by molar-refractivity contribution is 5.76. The van der Waals surface area contributed by atoms with Gasteiger partial charge in [-0.3, -0.25) is 9.59 Å². The Kier molecular flexibility index (Phi) is 46.6. The molecular formula is C52H99NO5. The zero-order valence-corrected chi connectivity index (χ0v) is 38.8. The maximum atomic E-state index is 12.4. The van der Waals surface area contributed by atoms with E-state index in [-0.39, 0.29) is 18.5 Å². The number of hydrogen-bond acceptors (Lipinski definition) is 5. The minimum absolute atomic E-state index is 0.0130. The Bertz CT molecular complexity index is 904. The first-order valence-electron chi connectivity index (χ1n) is 25.6. The number of hydrogen-bond donors (Lipinski definition) is 3. The van der Waals surface area contributed by atoms with Crippen LogP contribution in [0.4, 0.5) is 0 Å². The molecule has 0 spiro atoms. The molecule has 1 amide bonds. The van der Waals surface area contributed by atoms with E-state index in [4.69, 9.17) is 4.74 Å². The summed E-state index contributed by atoms with van der Waals surface area (Å²) in [5.41, 5.74) is 0. The number of nitrogens with one attached hydrogen (secondary N) is 1. The zero-order chi connectivity index (χ0) is 42.3. The summed E-state index contributed by atoms with van der Waals surface area (Å²) in [6, 6.07) is -0.635. The van der Waals surface area contributed by atoms with E-state index in [0.29, 0.717) is 19.4 Å². The fourth-order valence-corrected chi connectivity index (χ4v) is 7.74. The molecule has 6 heteroatoms. The molecule has 0 aromatic heterocycles. The molecule has 2 unspecified atom stereocenters. The maximum Gasteiger partial charge on any atom is 0.305 e. The first-order valence-corrected chi connectivity index (χ1v) is 25.6. The summed E-state index contributed by atoms with van der Waals surface area (Å²) in [4.78, 5) is 24.4. The van der Waals surface area contributed by atoms with Gasteiger partial charge in [0.15, 0.2) is 0 Å². The summed E-state index contributed by atoms with van der Waals surface area (Å²) in [6.45, 7) is 4.86. The van der Waals surface area contributed by atoms with Crippen molar-refractivity contribution < 1.29 is 24.5 Å². The van der Waals surface area contributed by atoms with Crippen LogP contribution in [0, 0.1) is 0 Å². The summed E-state index contributed by atoms with van der Waals surface area (Å²) in [7, 11) is 0. The van der Waals surface area contributed by atoms with E-state index in [9.17, 15) is 19.8 Å². The van der Waals surface area contributed by atoms with Crippen LogP contribution >= 0.6 is 0 Å².